The fourth-order valence-electron chi connectivity index (χ4n) is 1.60. The fraction of sp³-hybridized carbons (Fsp3) is 0.444. The number of carbonyl (C=O) groups is 2. The molecule has 1 unspecified atom stereocenters. The van der Waals surface area contributed by atoms with Crippen LogP contribution in [0.3, 0.4) is 0 Å². The van der Waals surface area contributed by atoms with Gasteiger partial charge < -0.3 is 30.5 Å². The number of aliphatic hydroxyl groups is 2. The fourth-order valence-corrected chi connectivity index (χ4v) is 1.84. The minimum atomic E-state index is -1.82. The van der Waals surface area contributed by atoms with Crippen LogP contribution in [0.15, 0.2) is 24.3 Å². The van der Waals surface area contributed by atoms with E-state index in [1.54, 1.807) is 24.3 Å². The van der Waals surface area contributed by atoms with Crippen LogP contribution in [0, 0.1) is 0 Å². The van der Waals surface area contributed by atoms with E-state index in [1.165, 1.54) is 0 Å². The summed E-state index contributed by atoms with van der Waals surface area (Å²) >= 11 is 6.12. The zero-order chi connectivity index (χ0) is 21.0. The molecule has 1 atom stereocenters. The second-order valence-corrected chi connectivity index (χ2v) is 6.89. The third-order valence-corrected chi connectivity index (χ3v) is 3.15. The Morgan fingerprint density at radius 3 is 2.30 bits per heavy atom. The summed E-state index contributed by atoms with van der Waals surface area (Å²) in [5, 5.41) is 37.1. The number of β-amino-alcohol motifs (C(OH)–C–C–N with tert-alkyl or cyclic N) is 1. The maximum Gasteiger partial charge on any atom is 0.414 e. The van der Waals surface area contributed by atoms with E-state index in [9.17, 15) is 5.11 Å². The smallest absolute Gasteiger partial charge is 0.414 e. The van der Waals surface area contributed by atoms with Gasteiger partial charge in [-0.25, -0.2) is 9.59 Å². The summed E-state index contributed by atoms with van der Waals surface area (Å²) in [7, 11) is 0. The summed E-state index contributed by atoms with van der Waals surface area (Å²) in [5.41, 5.74) is 0.843. The molecule has 0 saturated carbocycles. The van der Waals surface area contributed by atoms with Crippen LogP contribution in [0.25, 0.3) is 6.08 Å². The Hall–Kier alpha value is -2.13. The molecule has 1 rings (SSSR count). The molecular formula is C18H26ClNO7. The number of hydrogen-bond acceptors (Lipinski definition) is 6. The predicted octanol–water partition coefficient (Wildman–Crippen LogP) is 1.63. The van der Waals surface area contributed by atoms with Gasteiger partial charge in [-0.2, -0.15) is 0 Å². The zero-order valence-electron chi connectivity index (χ0n) is 15.5. The Morgan fingerprint density at radius 2 is 1.85 bits per heavy atom. The van der Waals surface area contributed by atoms with E-state index in [2.05, 4.69) is 5.32 Å². The van der Waals surface area contributed by atoms with E-state index in [4.69, 9.17) is 41.2 Å². The number of benzene rings is 1. The van der Waals surface area contributed by atoms with Gasteiger partial charge in [-0.05, 0) is 38.5 Å². The lowest BCUT2D eigenvalue weighted by molar-refractivity contribution is -0.159. The van der Waals surface area contributed by atoms with E-state index >= 15 is 0 Å². The molecule has 0 bridgehead atoms. The molecule has 5 N–H and O–H groups in total. The van der Waals surface area contributed by atoms with Crippen molar-refractivity contribution in [1.29, 1.82) is 0 Å². The van der Waals surface area contributed by atoms with E-state index in [1.807, 2.05) is 26.8 Å². The van der Waals surface area contributed by atoms with Crippen LogP contribution in [0.5, 0.6) is 5.75 Å². The second kappa shape index (κ2) is 12.3. The van der Waals surface area contributed by atoms with Crippen LogP contribution in [0.4, 0.5) is 0 Å². The monoisotopic (exact) mass is 403 g/mol. The van der Waals surface area contributed by atoms with Gasteiger partial charge in [-0.3, -0.25) is 0 Å². The highest BCUT2D eigenvalue weighted by molar-refractivity contribution is 6.32. The summed E-state index contributed by atoms with van der Waals surface area (Å²) in [5.74, 6) is -3.11. The average molecular weight is 404 g/mol. The summed E-state index contributed by atoms with van der Waals surface area (Å²) in [4.78, 5) is 18.2. The summed E-state index contributed by atoms with van der Waals surface area (Å²) in [6.07, 6.45) is 2.81. The van der Waals surface area contributed by atoms with E-state index in [0.717, 1.165) is 5.56 Å². The molecule has 0 heterocycles. The highest BCUT2D eigenvalue weighted by Gasteiger charge is 2.13. The largest absolute Gasteiger partial charge is 0.489 e. The molecule has 9 heteroatoms. The summed E-state index contributed by atoms with van der Waals surface area (Å²) in [6.45, 7) is 6.73. The number of aliphatic hydroxyl groups excluding tert-OH is 2. The van der Waals surface area contributed by atoms with Gasteiger partial charge in [-0.1, -0.05) is 29.8 Å². The Morgan fingerprint density at radius 1 is 1.26 bits per heavy atom. The molecule has 27 heavy (non-hydrogen) atoms. The summed E-state index contributed by atoms with van der Waals surface area (Å²) < 4.78 is 5.53. The Balaban J connectivity index is 0.000000972. The van der Waals surface area contributed by atoms with Crippen molar-refractivity contribution in [2.75, 3.05) is 19.8 Å². The van der Waals surface area contributed by atoms with Crippen LogP contribution in [0.1, 0.15) is 26.3 Å². The SMILES string of the molecule is CC(C)(C)NCC(O)COc1ccc(/C=C/CO)cc1Cl.O=C(O)C(=O)O. The lowest BCUT2D eigenvalue weighted by Gasteiger charge is -2.23. The minimum Gasteiger partial charge on any atom is -0.489 e. The van der Waals surface area contributed by atoms with Crippen molar-refractivity contribution in [1.82, 2.24) is 5.32 Å². The van der Waals surface area contributed by atoms with Gasteiger partial charge in [0.2, 0.25) is 0 Å². The molecule has 0 fully saturated rings. The zero-order valence-corrected chi connectivity index (χ0v) is 16.2. The van der Waals surface area contributed by atoms with Crippen LogP contribution < -0.4 is 10.1 Å². The van der Waals surface area contributed by atoms with Crippen LogP contribution in [-0.4, -0.2) is 63.8 Å². The van der Waals surface area contributed by atoms with E-state index < -0.39 is 18.0 Å². The number of aliphatic carboxylic acids is 2. The Kier molecular flexibility index (Phi) is 11.3. The topological polar surface area (TPSA) is 136 Å². The van der Waals surface area contributed by atoms with Crippen molar-refractivity contribution in [3.63, 3.8) is 0 Å². The lowest BCUT2D eigenvalue weighted by atomic mass is 10.1. The molecule has 8 nitrogen and oxygen atoms in total. The number of halogens is 1. The van der Waals surface area contributed by atoms with Gasteiger partial charge in [0.15, 0.2) is 0 Å². The molecule has 0 spiro atoms. The first-order chi connectivity index (χ1) is 12.5. The number of rotatable bonds is 7. The predicted molar refractivity (Wildman–Crippen MR) is 102 cm³/mol. The van der Waals surface area contributed by atoms with Crippen molar-refractivity contribution in [3.05, 3.63) is 34.9 Å². The van der Waals surface area contributed by atoms with Crippen LogP contribution >= 0.6 is 11.6 Å². The van der Waals surface area contributed by atoms with Gasteiger partial charge in [0.1, 0.15) is 18.5 Å². The van der Waals surface area contributed by atoms with Crippen molar-refractivity contribution in [3.8, 4) is 5.75 Å². The number of nitrogens with one attached hydrogen (secondary N) is 1. The Bertz CT molecular complexity index is 629. The van der Waals surface area contributed by atoms with E-state index in [0.29, 0.717) is 17.3 Å². The Labute approximate surface area is 163 Å². The highest BCUT2D eigenvalue weighted by Crippen LogP contribution is 2.26. The molecule has 0 radical (unpaired) electrons. The molecule has 0 amide bonds. The molecule has 0 aliphatic heterocycles. The lowest BCUT2D eigenvalue weighted by Crippen LogP contribution is -2.42. The standard InChI is InChI=1S/C16H24ClNO3.C2H2O4/c1-16(2,3)18-10-13(20)11-21-15-7-6-12(5-4-8-19)9-14(15)17;3-1(4)2(5)6/h4-7,9,13,18-20H,8,10-11H2,1-3H3;(H,3,4)(H,5,6)/b5-4+;. The maximum atomic E-state index is 9.87. The molecule has 0 aliphatic carbocycles. The molecule has 1 aromatic rings. The van der Waals surface area contributed by atoms with Gasteiger partial charge in [-0.15, -0.1) is 0 Å². The minimum absolute atomic E-state index is 0.0111. The number of carboxylic acid groups (broad SMARTS) is 2. The average Bonchev–Trinajstić information content (AvgIpc) is 2.57. The molecule has 0 aliphatic rings. The van der Waals surface area contributed by atoms with Gasteiger partial charge in [0, 0.05) is 12.1 Å². The molecule has 0 aromatic heterocycles. The van der Waals surface area contributed by atoms with Crippen molar-refractivity contribution < 1.29 is 34.8 Å². The highest BCUT2D eigenvalue weighted by atomic mass is 35.5. The quantitative estimate of drug-likeness (QED) is 0.433. The second-order valence-electron chi connectivity index (χ2n) is 6.48. The molecule has 152 valence electrons. The van der Waals surface area contributed by atoms with Crippen molar-refractivity contribution in [2.24, 2.45) is 0 Å². The van der Waals surface area contributed by atoms with Crippen LogP contribution in [-0.2, 0) is 9.59 Å². The van der Waals surface area contributed by atoms with E-state index in [-0.39, 0.29) is 18.8 Å². The number of ether oxygens (including phenoxy) is 1. The molecule has 0 saturated heterocycles. The van der Waals surface area contributed by atoms with Gasteiger partial charge in [0.05, 0.1) is 11.6 Å². The molecular weight excluding hydrogens is 378 g/mol. The van der Waals surface area contributed by atoms with Crippen molar-refractivity contribution >= 4 is 29.6 Å². The van der Waals surface area contributed by atoms with Crippen molar-refractivity contribution in [2.45, 2.75) is 32.4 Å². The van der Waals surface area contributed by atoms with Crippen LogP contribution in [0.2, 0.25) is 5.02 Å². The normalized spacial score (nSPS) is 12.2. The first-order valence-electron chi connectivity index (χ1n) is 8.05. The molecule has 1 aromatic carbocycles. The third-order valence-electron chi connectivity index (χ3n) is 2.85. The van der Waals surface area contributed by atoms with Gasteiger partial charge >= 0.3 is 11.9 Å². The number of hydrogen-bond donors (Lipinski definition) is 5. The first-order valence-corrected chi connectivity index (χ1v) is 8.43. The maximum absolute atomic E-state index is 9.87. The summed E-state index contributed by atoms with van der Waals surface area (Å²) in [6, 6.07) is 5.35. The van der Waals surface area contributed by atoms with Gasteiger partial charge in [0.25, 0.3) is 0 Å². The number of carboxylic acids is 2. The first kappa shape index (κ1) is 24.9. The third kappa shape index (κ3) is 12.8.